The van der Waals surface area contributed by atoms with E-state index >= 15 is 0 Å². The summed E-state index contributed by atoms with van der Waals surface area (Å²) in [6, 6.07) is 5.48. The number of aromatic hydroxyl groups is 1. The molecule has 2 aromatic rings. The molecule has 0 aliphatic heterocycles. The monoisotopic (exact) mass is 328 g/mol. The molecule has 2 rings (SSSR count). The highest BCUT2D eigenvalue weighted by molar-refractivity contribution is 6.01. The van der Waals surface area contributed by atoms with Gasteiger partial charge in [-0.2, -0.15) is 0 Å². The van der Waals surface area contributed by atoms with Crippen LogP contribution >= 0.6 is 0 Å². The first kappa shape index (κ1) is 16.9. The van der Waals surface area contributed by atoms with E-state index in [2.05, 4.69) is 16.6 Å². The zero-order valence-corrected chi connectivity index (χ0v) is 12.8. The van der Waals surface area contributed by atoms with Crippen LogP contribution in [-0.2, 0) is 6.54 Å². The lowest BCUT2D eigenvalue weighted by molar-refractivity contribution is -0.255. The van der Waals surface area contributed by atoms with Crippen molar-refractivity contribution in [3.8, 4) is 5.88 Å². The first-order chi connectivity index (χ1) is 11.3. The fourth-order valence-electron chi connectivity index (χ4n) is 2.11. The second-order valence-electron chi connectivity index (χ2n) is 4.89. The average molecular weight is 328 g/mol. The molecule has 0 amide bonds. The van der Waals surface area contributed by atoms with E-state index in [0.29, 0.717) is 5.69 Å². The van der Waals surface area contributed by atoms with E-state index < -0.39 is 23.1 Å². The van der Waals surface area contributed by atoms with Gasteiger partial charge in [-0.3, -0.25) is 19.3 Å². The normalized spacial score (nSPS) is 11.3. The van der Waals surface area contributed by atoms with Crippen LogP contribution in [0.3, 0.4) is 0 Å². The van der Waals surface area contributed by atoms with E-state index in [1.165, 1.54) is 37.3 Å². The molecule has 124 valence electrons. The molecule has 0 saturated heterocycles. The first-order valence-corrected chi connectivity index (χ1v) is 6.89. The highest BCUT2D eigenvalue weighted by Gasteiger charge is 2.16. The van der Waals surface area contributed by atoms with Gasteiger partial charge in [0.25, 0.3) is 5.56 Å². The Hall–Kier alpha value is -3.42. The number of rotatable bonds is 5. The second kappa shape index (κ2) is 6.78. The molecule has 0 bridgehead atoms. The van der Waals surface area contributed by atoms with Crippen molar-refractivity contribution in [1.82, 2.24) is 9.55 Å². The number of aromatic nitrogens is 2. The van der Waals surface area contributed by atoms with Gasteiger partial charge in [-0.05, 0) is 24.6 Å². The van der Waals surface area contributed by atoms with Crippen molar-refractivity contribution >= 4 is 17.4 Å². The minimum absolute atomic E-state index is 0.00756. The van der Waals surface area contributed by atoms with Crippen molar-refractivity contribution < 1.29 is 15.0 Å². The number of allylic oxidation sites excluding steroid dienone is 1. The number of carbonyl (C=O) groups excluding carboxylic acids is 1. The quantitative estimate of drug-likeness (QED) is 0.587. The van der Waals surface area contributed by atoms with Crippen LogP contribution in [0.15, 0.2) is 51.5 Å². The number of aromatic carboxylic acids is 1. The van der Waals surface area contributed by atoms with Crippen molar-refractivity contribution in [3.63, 3.8) is 0 Å². The summed E-state index contributed by atoms with van der Waals surface area (Å²) < 4.78 is 0.946. The van der Waals surface area contributed by atoms with Crippen molar-refractivity contribution in [2.24, 2.45) is 4.99 Å². The lowest BCUT2D eigenvalue weighted by Gasteiger charge is -2.09. The smallest absolute Gasteiger partial charge is 0.331 e. The highest BCUT2D eigenvalue weighted by Crippen LogP contribution is 2.17. The van der Waals surface area contributed by atoms with Crippen LogP contribution in [-0.4, -0.2) is 26.3 Å². The molecule has 1 aromatic carbocycles. The maximum atomic E-state index is 12.0. The Morgan fingerprint density at radius 3 is 2.54 bits per heavy atom. The van der Waals surface area contributed by atoms with E-state index in [1.54, 1.807) is 0 Å². The molecule has 0 fully saturated rings. The number of carboxylic acids is 1. The molecule has 0 radical (unpaired) electrons. The van der Waals surface area contributed by atoms with E-state index in [0.717, 1.165) is 4.57 Å². The summed E-state index contributed by atoms with van der Waals surface area (Å²) in [5.41, 5.74) is -1.16. The van der Waals surface area contributed by atoms with Crippen molar-refractivity contribution in [3.05, 3.63) is 68.9 Å². The van der Waals surface area contributed by atoms with Gasteiger partial charge in [0.05, 0.1) is 17.4 Å². The van der Waals surface area contributed by atoms with Crippen LogP contribution < -0.4 is 16.4 Å². The molecule has 0 aliphatic carbocycles. The van der Waals surface area contributed by atoms with Gasteiger partial charge in [-0.1, -0.05) is 18.2 Å². The Labute approximate surface area is 136 Å². The number of aliphatic imine (C=N–C) groups is 1. The fraction of sp³-hybridized carbons (Fsp3) is 0.125. The van der Waals surface area contributed by atoms with Crippen LogP contribution in [0.2, 0.25) is 0 Å². The molecular formula is C16H14N3O5-. The largest absolute Gasteiger partial charge is 0.545 e. The van der Waals surface area contributed by atoms with Crippen LogP contribution in [0.1, 0.15) is 22.8 Å². The SMILES string of the molecule is C=CCn1c(O)c(C(C)=Nc2ccc(C(=O)[O-])cc2)c(=O)[nH]c1=O. The third-order valence-corrected chi connectivity index (χ3v) is 3.25. The number of aromatic amines is 1. The number of benzene rings is 1. The van der Waals surface area contributed by atoms with Gasteiger partial charge in [0, 0.05) is 6.54 Å². The topological polar surface area (TPSA) is 128 Å². The minimum atomic E-state index is -1.31. The van der Waals surface area contributed by atoms with Gasteiger partial charge in [-0.25, -0.2) is 4.79 Å². The van der Waals surface area contributed by atoms with E-state index in [-0.39, 0.29) is 23.4 Å². The minimum Gasteiger partial charge on any atom is -0.545 e. The molecule has 24 heavy (non-hydrogen) atoms. The molecule has 0 unspecified atom stereocenters. The Kier molecular flexibility index (Phi) is 4.78. The molecule has 0 spiro atoms. The Bertz CT molecular complexity index is 936. The van der Waals surface area contributed by atoms with Gasteiger partial charge < -0.3 is 15.0 Å². The van der Waals surface area contributed by atoms with Crippen LogP contribution in [0.4, 0.5) is 5.69 Å². The third-order valence-electron chi connectivity index (χ3n) is 3.25. The molecular weight excluding hydrogens is 314 g/mol. The molecule has 0 aliphatic rings. The lowest BCUT2D eigenvalue weighted by Crippen LogP contribution is -2.33. The zero-order chi connectivity index (χ0) is 17.9. The Morgan fingerprint density at radius 1 is 1.38 bits per heavy atom. The summed E-state index contributed by atoms with van der Waals surface area (Å²) in [6.07, 6.45) is 1.40. The van der Waals surface area contributed by atoms with E-state index in [9.17, 15) is 24.6 Å². The van der Waals surface area contributed by atoms with Gasteiger partial charge in [0.1, 0.15) is 5.56 Å². The zero-order valence-electron chi connectivity index (χ0n) is 12.8. The number of nitrogens with zero attached hydrogens (tertiary/aromatic N) is 2. The summed E-state index contributed by atoms with van der Waals surface area (Å²) in [4.78, 5) is 40.6. The summed E-state index contributed by atoms with van der Waals surface area (Å²) in [6.45, 7) is 4.98. The average Bonchev–Trinajstić information content (AvgIpc) is 2.51. The second-order valence-corrected chi connectivity index (χ2v) is 4.89. The van der Waals surface area contributed by atoms with Crippen molar-refractivity contribution in [2.45, 2.75) is 13.5 Å². The summed E-state index contributed by atoms with van der Waals surface area (Å²) in [7, 11) is 0. The van der Waals surface area contributed by atoms with Crippen LogP contribution in [0.25, 0.3) is 0 Å². The molecule has 8 nitrogen and oxygen atoms in total. The fourth-order valence-corrected chi connectivity index (χ4v) is 2.11. The summed E-state index contributed by atoms with van der Waals surface area (Å²) >= 11 is 0. The van der Waals surface area contributed by atoms with Crippen molar-refractivity contribution in [2.75, 3.05) is 0 Å². The predicted octanol–water partition coefficient (Wildman–Crippen LogP) is -0.0676. The Morgan fingerprint density at radius 2 is 2.00 bits per heavy atom. The van der Waals surface area contributed by atoms with Gasteiger partial charge in [0.15, 0.2) is 0 Å². The lowest BCUT2D eigenvalue weighted by atomic mass is 10.2. The summed E-state index contributed by atoms with van der Waals surface area (Å²) in [5.74, 6) is -1.83. The molecule has 1 heterocycles. The molecule has 0 atom stereocenters. The number of H-pyrrole nitrogens is 1. The van der Waals surface area contributed by atoms with Crippen LogP contribution in [0, 0.1) is 0 Å². The van der Waals surface area contributed by atoms with E-state index in [4.69, 9.17) is 0 Å². The number of nitrogens with one attached hydrogen (secondary N) is 1. The standard InChI is InChI=1S/C16H15N3O5/c1-3-8-19-14(21)12(13(20)18-16(19)24)9(2)17-11-6-4-10(5-7-11)15(22)23/h3-7,21H,1,8H2,2H3,(H,22,23)(H,18,20,24)/p-1. The molecule has 8 heteroatoms. The summed E-state index contributed by atoms with van der Waals surface area (Å²) in [5, 5.41) is 20.9. The number of carboxylic acid groups (broad SMARTS) is 1. The number of hydrogen-bond acceptors (Lipinski definition) is 6. The van der Waals surface area contributed by atoms with Gasteiger partial charge >= 0.3 is 5.69 Å². The van der Waals surface area contributed by atoms with Gasteiger partial charge in [0.2, 0.25) is 5.88 Å². The molecule has 1 aromatic heterocycles. The first-order valence-electron chi connectivity index (χ1n) is 6.89. The predicted molar refractivity (Wildman–Crippen MR) is 85.8 cm³/mol. The van der Waals surface area contributed by atoms with Crippen molar-refractivity contribution in [1.29, 1.82) is 0 Å². The van der Waals surface area contributed by atoms with Crippen LogP contribution in [0.5, 0.6) is 5.88 Å². The van der Waals surface area contributed by atoms with Gasteiger partial charge in [-0.15, -0.1) is 6.58 Å². The highest BCUT2D eigenvalue weighted by atomic mass is 16.4. The number of hydrogen-bond donors (Lipinski definition) is 2. The third kappa shape index (κ3) is 3.32. The molecule has 0 saturated carbocycles. The van der Waals surface area contributed by atoms with E-state index in [1.807, 2.05) is 0 Å². The molecule has 2 N–H and O–H groups in total. The Balaban J connectivity index is 2.52. The number of carbonyl (C=O) groups is 1. The maximum Gasteiger partial charge on any atom is 0.331 e. The maximum absolute atomic E-state index is 12.0.